The number of fused-ring (bicyclic) bond motifs is 1. The molecule has 0 radical (unpaired) electrons. The molecule has 13 heteroatoms. The first kappa shape index (κ1) is 25.7. The van der Waals surface area contributed by atoms with Gasteiger partial charge >= 0.3 is 16.5 Å². The summed E-state index contributed by atoms with van der Waals surface area (Å²) < 4.78 is 48.6. The molecule has 4 rings (SSSR count). The Morgan fingerprint density at radius 2 is 1.94 bits per heavy atom. The number of likely N-dealkylation sites (tertiary alicyclic amines) is 1. The molecule has 0 aromatic heterocycles. The molecular weight excluding hydrogens is 468 g/mol. The average molecular weight is 503 g/mol. The molecule has 4 fully saturated rings. The molecule has 0 unspecified atom stereocenters. The van der Waals surface area contributed by atoms with Crippen LogP contribution in [0, 0.1) is 6.57 Å². The van der Waals surface area contributed by atoms with E-state index in [1.807, 2.05) is 6.92 Å². The minimum Gasteiger partial charge on any atom is -0.387 e. The average Bonchev–Trinajstić information content (AvgIpc) is 3.45. The smallest absolute Gasteiger partial charge is 0.338 e. The lowest BCUT2D eigenvalue weighted by Crippen LogP contribution is -2.55. The highest BCUT2D eigenvalue weighted by molar-refractivity contribution is 7.84. The lowest BCUT2D eigenvalue weighted by atomic mass is 9.90. The minimum atomic E-state index is -4.02. The molecule has 34 heavy (non-hydrogen) atoms. The first-order valence-electron chi connectivity index (χ1n) is 11.7. The minimum absolute atomic E-state index is 0.102. The van der Waals surface area contributed by atoms with E-state index in [4.69, 9.17) is 25.0 Å². The molecule has 0 aliphatic carbocycles. The zero-order valence-electron chi connectivity index (χ0n) is 19.8. The molecule has 4 heterocycles. The van der Waals surface area contributed by atoms with Gasteiger partial charge in [-0.3, -0.25) is 18.7 Å². The topological polar surface area (TPSA) is 131 Å². The third kappa shape index (κ3) is 5.39. The van der Waals surface area contributed by atoms with Crippen LogP contribution in [-0.2, 0) is 33.5 Å². The Morgan fingerprint density at radius 3 is 2.59 bits per heavy atom. The molecule has 4 aliphatic rings. The van der Waals surface area contributed by atoms with E-state index in [1.54, 1.807) is 18.7 Å². The number of hydrogen-bond acceptors (Lipinski definition) is 9. The van der Waals surface area contributed by atoms with Crippen LogP contribution in [0.1, 0.15) is 46.5 Å². The summed E-state index contributed by atoms with van der Waals surface area (Å²) in [7, 11) is -4.02. The molecule has 0 aromatic carbocycles. The fourth-order valence-corrected chi connectivity index (χ4v) is 5.95. The van der Waals surface area contributed by atoms with Crippen LogP contribution in [0.25, 0.3) is 4.85 Å². The number of ether oxygens (including phenoxy) is 3. The van der Waals surface area contributed by atoms with Gasteiger partial charge in [0, 0.05) is 31.6 Å². The third-order valence-electron chi connectivity index (χ3n) is 6.99. The number of rotatable bonds is 7. The van der Waals surface area contributed by atoms with Crippen molar-refractivity contribution in [3.8, 4) is 0 Å². The van der Waals surface area contributed by atoms with Crippen LogP contribution >= 0.6 is 0 Å². The van der Waals surface area contributed by atoms with Crippen LogP contribution in [0.3, 0.4) is 0 Å². The standard InChI is InChI=1S/C21H34N4O8S/c1-20(2)32-18-17(27)14(31-19(18)33-20)13-30-34(28,29)24-10-7-21(3,8-11-24)23-12-16(26)25-9-5-6-15(25)22-4/h14-15,17-19,23,27H,5-13H2,1-3H3/t14-,15+,17+,18-,19-/m1/s1. The van der Waals surface area contributed by atoms with Gasteiger partial charge in [-0.05, 0) is 40.0 Å². The van der Waals surface area contributed by atoms with E-state index >= 15 is 0 Å². The number of aliphatic hydroxyl groups is 1. The number of aliphatic hydroxyl groups excluding tert-OH is 1. The zero-order chi connectivity index (χ0) is 24.7. The number of nitrogens with zero attached hydrogens (tertiary/aromatic N) is 3. The largest absolute Gasteiger partial charge is 0.387 e. The summed E-state index contributed by atoms with van der Waals surface area (Å²) in [5.41, 5.74) is -0.404. The maximum atomic E-state index is 12.7. The first-order chi connectivity index (χ1) is 15.9. The van der Waals surface area contributed by atoms with E-state index in [-0.39, 0.29) is 38.3 Å². The number of carbonyl (C=O) groups excluding carboxylic acids is 1. The van der Waals surface area contributed by atoms with Gasteiger partial charge < -0.3 is 24.6 Å². The fourth-order valence-electron chi connectivity index (χ4n) is 4.87. The lowest BCUT2D eigenvalue weighted by molar-refractivity contribution is -0.217. The number of hydrogen-bond donors (Lipinski definition) is 2. The molecule has 4 aliphatic heterocycles. The van der Waals surface area contributed by atoms with Crippen LogP contribution < -0.4 is 5.32 Å². The van der Waals surface area contributed by atoms with Crippen molar-refractivity contribution in [3.63, 3.8) is 0 Å². The summed E-state index contributed by atoms with van der Waals surface area (Å²) >= 11 is 0. The normalized spacial score (nSPS) is 35.3. The Labute approximate surface area is 200 Å². The number of piperidine rings is 1. The molecule has 0 spiro atoms. The Balaban J connectivity index is 1.22. The number of amides is 1. The van der Waals surface area contributed by atoms with Crippen LogP contribution in [0.5, 0.6) is 0 Å². The molecular formula is C21H34N4O8S. The Morgan fingerprint density at radius 1 is 1.24 bits per heavy atom. The molecule has 0 bridgehead atoms. The van der Waals surface area contributed by atoms with Crippen molar-refractivity contribution in [2.24, 2.45) is 0 Å². The van der Waals surface area contributed by atoms with Crippen molar-refractivity contribution in [2.75, 3.05) is 32.8 Å². The highest BCUT2D eigenvalue weighted by Crippen LogP contribution is 2.37. The Hall–Kier alpha value is -1.37. The fraction of sp³-hybridized carbons (Fsp3) is 0.905. The Bertz CT molecular complexity index is 914. The van der Waals surface area contributed by atoms with E-state index in [2.05, 4.69) is 10.2 Å². The summed E-state index contributed by atoms with van der Waals surface area (Å²) in [6.07, 6.45) is -1.24. The molecule has 0 aromatic rings. The van der Waals surface area contributed by atoms with E-state index in [9.17, 15) is 18.3 Å². The summed E-state index contributed by atoms with van der Waals surface area (Å²) in [6, 6.07) is 0. The molecule has 0 saturated carbocycles. The highest BCUT2D eigenvalue weighted by atomic mass is 32.2. The predicted molar refractivity (Wildman–Crippen MR) is 118 cm³/mol. The molecule has 1 amide bonds. The van der Waals surface area contributed by atoms with Gasteiger partial charge in [-0.25, -0.2) is 6.57 Å². The van der Waals surface area contributed by atoms with Gasteiger partial charge in [0.05, 0.1) is 13.2 Å². The van der Waals surface area contributed by atoms with Crippen molar-refractivity contribution in [3.05, 3.63) is 11.4 Å². The van der Waals surface area contributed by atoms with E-state index in [0.29, 0.717) is 25.8 Å². The first-order valence-corrected chi connectivity index (χ1v) is 13.0. The molecule has 192 valence electrons. The second-order valence-corrected chi connectivity index (χ2v) is 11.6. The van der Waals surface area contributed by atoms with Gasteiger partial charge in [0.2, 0.25) is 5.91 Å². The monoisotopic (exact) mass is 502 g/mol. The van der Waals surface area contributed by atoms with Gasteiger partial charge in [0.25, 0.3) is 0 Å². The van der Waals surface area contributed by atoms with E-state index < -0.39 is 46.2 Å². The van der Waals surface area contributed by atoms with Crippen molar-refractivity contribution in [1.82, 2.24) is 14.5 Å². The number of carbonyl (C=O) groups is 1. The van der Waals surface area contributed by atoms with E-state index in [1.165, 1.54) is 4.31 Å². The molecule has 5 atom stereocenters. The quantitative estimate of drug-likeness (QED) is 0.454. The molecule has 4 saturated heterocycles. The van der Waals surface area contributed by atoms with Crippen molar-refractivity contribution in [1.29, 1.82) is 0 Å². The van der Waals surface area contributed by atoms with Gasteiger partial charge in [-0.2, -0.15) is 12.7 Å². The third-order valence-corrected chi connectivity index (χ3v) is 8.43. The summed E-state index contributed by atoms with van der Waals surface area (Å²) in [6.45, 7) is 13.4. The number of nitrogens with one attached hydrogen (secondary N) is 1. The van der Waals surface area contributed by atoms with E-state index in [0.717, 1.165) is 6.42 Å². The maximum absolute atomic E-state index is 12.7. The zero-order valence-corrected chi connectivity index (χ0v) is 20.6. The maximum Gasteiger partial charge on any atom is 0.338 e. The van der Waals surface area contributed by atoms with Gasteiger partial charge in [-0.1, -0.05) is 0 Å². The van der Waals surface area contributed by atoms with Gasteiger partial charge in [0.1, 0.15) is 18.3 Å². The van der Waals surface area contributed by atoms with Crippen LogP contribution in [0.4, 0.5) is 0 Å². The van der Waals surface area contributed by atoms with Gasteiger partial charge in [0.15, 0.2) is 12.1 Å². The van der Waals surface area contributed by atoms with Crippen LogP contribution in [-0.4, -0.2) is 104 Å². The van der Waals surface area contributed by atoms with Gasteiger partial charge in [-0.15, -0.1) is 0 Å². The molecule has 2 N–H and O–H groups in total. The Kier molecular flexibility index (Phi) is 7.25. The van der Waals surface area contributed by atoms with Crippen LogP contribution in [0.2, 0.25) is 0 Å². The van der Waals surface area contributed by atoms with Crippen molar-refractivity contribution >= 4 is 16.2 Å². The predicted octanol–water partition coefficient (Wildman–Crippen LogP) is -0.203. The second kappa shape index (κ2) is 9.59. The summed E-state index contributed by atoms with van der Waals surface area (Å²) in [4.78, 5) is 17.6. The lowest BCUT2D eigenvalue weighted by Gasteiger charge is -2.39. The van der Waals surface area contributed by atoms with Crippen molar-refractivity contribution in [2.45, 2.75) is 88.5 Å². The summed E-state index contributed by atoms with van der Waals surface area (Å²) in [5, 5.41) is 13.7. The SMILES string of the molecule is [C-]#[N+][C@@H]1CCCN1C(=O)CNC1(C)CCN(S(=O)(=O)OC[C@H]2O[C@@H]3OC(C)(C)O[C@@H]3[C@H]2O)CC1. The highest BCUT2D eigenvalue weighted by Gasteiger charge is 2.54. The summed E-state index contributed by atoms with van der Waals surface area (Å²) in [5.74, 6) is -0.977. The van der Waals surface area contributed by atoms with Crippen LogP contribution in [0.15, 0.2) is 0 Å². The second-order valence-electron chi connectivity index (χ2n) is 10.0. The molecule has 12 nitrogen and oxygen atoms in total. The van der Waals surface area contributed by atoms with Crippen molar-refractivity contribution < 1.29 is 36.7 Å².